The second-order valence-electron chi connectivity index (χ2n) is 6.07. The molecule has 0 aliphatic carbocycles. The number of benzene rings is 1. The van der Waals surface area contributed by atoms with Crippen molar-refractivity contribution in [3.63, 3.8) is 0 Å². The Morgan fingerprint density at radius 1 is 1.04 bits per heavy atom. The lowest BCUT2D eigenvalue weighted by Crippen LogP contribution is -2.05. The van der Waals surface area contributed by atoms with Gasteiger partial charge in [-0.05, 0) is 42.8 Å². The van der Waals surface area contributed by atoms with E-state index >= 15 is 0 Å². The number of fused-ring (bicyclic) bond motifs is 1. The zero-order chi connectivity index (χ0) is 19.9. The molecule has 0 amide bonds. The summed E-state index contributed by atoms with van der Waals surface area (Å²) in [6.45, 7) is 1.85. The number of pyridine rings is 1. The van der Waals surface area contributed by atoms with Gasteiger partial charge in [-0.15, -0.1) is 10.2 Å². The van der Waals surface area contributed by atoms with Crippen molar-refractivity contribution in [2.75, 3.05) is 7.11 Å². The van der Waals surface area contributed by atoms with Crippen LogP contribution in [-0.2, 0) is 6.18 Å². The molecule has 0 saturated carbocycles. The van der Waals surface area contributed by atoms with Gasteiger partial charge in [0.05, 0.1) is 23.7 Å². The van der Waals surface area contributed by atoms with Gasteiger partial charge in [-0.25, -0.2) is 4.98 Å². The molecule has 0 bridgehead atoms. The van der Waals surface area contributed by atoms with Gasteiger partial charge in [-0.1, -0.05) is 6.07 Å². The average Bonchev–Trinajstić information content (AvgIpc) is 3.06. The minimum atomic E-state index is -4.46. The van der Waals surface area contributed by atoms with Crippen molar-refractivity contribution in [3.05, 3.63) is 59.8 Å². The van der Waals surface area contributed by atoms with E-state index in [9.17, 15) is 13.2 Å². The Balaban J connectivity index is 2.01. The van der Waals surface area contributed by atoms with Crippen LogP contribution in [0.15, 0.2) is 48.7 Å². The van der Waals surface area contributed by atoms with Crippen molar-refractivity contribution in [3.8, 4) is 23.2 Å². The van der Waals surface area contributed by atoms with E-state index in [1.807, 2.05) is 13.0 Å². The Morgan fingerprint density at radius 2 is 1.86 bits per heavy atom. The minimum absolute atomic E-state index is 0.187. The predicted molar refractivity (Wildman–Crippen MR) is 96.2 cm³/mol. The van der Waals surface area contributed by atoms with Gasteiger partial charge >= 0.3 is 6.18 Å². The van der Waals surface area contributed by atoms with Crippen LogP contribution in [-0.4, -0.2) is 31.8 Å². The van der Waals surface area contributed by atoms with Crippen molar-refractivity contribution in [1.29, 1.82) is 0 Å². The zero-order valence-electron chi connectivity index (χ0n) is 14.9. The van der Waals surface area contributed by atoms with Gasteiger partial charge in [-0.2, -0.15) is 13.2 Å². The average molecular weight is 385 g/mol. The maximum absolute atomic E-state index is 13.1. The molecule has 0 radical (unpaired) electrons. The predicted octanol–water partition coefficient (Wildman–Crippen LogP) is 4.21. The summed E-state index contributed by atoms with van der Waals surface area (Å²) in [5.74, 6) is 1.10. The molecule has 3 heterocycles. The summed E-state index contributed by atoms with van der Waals surface area (Å²) in [6, 6.07) is 10.3. The number of halogens is 3. The van der Waals surface area contributed by atoms with Crippen LogP contribution in [0.1, 0.15) is 11.1 Å². The van der Waals surface area contributed by atoms with Crippen LogP contribution in [0.3, 0.4) is 0 Å². The summed E-state index contributed by atoms with van der Waals surface area (Å²) in [5, 5.41) is 8.08. The molecule has 6 nitrogen and oxygen atoms in total. The molecule has 4 rings (SSSR count). The molecule has 0 atom stereocenters. The van der Waals surface area contributed by atoms with E-state index in [0.29, 0.717) is 28.7 Å². The number of methoxy groups -OCH3 is 1. The summed E-state index contributed by atoms with van der Waals surface area (Å²) in [6.07, 6.45) is -2.86. The number of rotatable bonds is 3. The first kappa shape index (κ1) is 17.9. The van der Waals surface area contributed by atoms with E-state index in [-0.39, 0.29) is 5.52 Å². The van der Waals surface area contributed by atoms with Gasteiger partial charge in [0.15, 0.2) is 11.6 Å². The Kier molecular flexibility index (Phi) is 4.21. The van der Waals surface area contributed by atoms with Crippen LogP contribution in [0, 0.1) is 6.92 Å². The van der Waals surface area contributed by atoms with E-state index in [2.05, 4.69) is 20.2 Å². The normalized spacial score (nSPS) is 11.8. The van der Waals surface area contributed by atoms with Gasteiger partial charge in [0.2, 0.25) is 5.88 Å². The van der Waals surface area contributed by atoms with Crippen molar-refractivity contribution in [1.82, 2.24) is 24.7 Å². The molecule has 142 valence electrons. The third kappa shape index (κ3) is 3.04. The molecular formula is C19H14F3N5O. The fourth-order valence-corrected chi connectivity index (χ4v) is 2.91. The van der Waals surface area contributed by atoms with Gasteiger partial charge in [0.25, 0.3) is 0 Å². The van der Waals surface area contributed by atoms with E-state index in [1.165, 1.54) is 13.2 Å². The molecule has 0 spiro atoms. The smallest absolute Gasteiger partial charge is 0.416 e. The molecule has 3 aromatic heterocycles. The summed E-state index contributed by atoms with van der Waals surface area (Å²) < 4.78 is 46.1. The highest BCUT2D eigenvalue weighted by atomic mass is 19.4. The highest BCUT2D eigenvalue weighted by molar-refractivity contribution is 5.83. The molecule has 28 heavy (non-hydrogen) atoms. The fourth-order valence-electron chi connectivity index (χ4n) is 2.91. The zero-order valence-corrected chi connectivity index (χ0v) is 14.9. The molecule has 0 aliphatic heterocycles. The van der Waals surface area contributed by atoms with Crippen LogP contribution < -0.4 is 4.74 Å². The molecule has 0 saturated heterocycles. The Hall–Kier alpha value is -3.49. The van der Waals surface area contributed by atoms with Crippen LogP contribution in [0.2, 0.25) is 0 Å². The van der Waals surface area contributed by atoms with E-state index in [1.54, 1.807) is 29.0 Å². The number of hydrogen-bond acceptors (Lipinski definition) is 5. The van der Waals surface area contributed by atoms with Crippen molar-refractivity contribution >= 4 is 11.0 Å². The second-order valence-corrected chi connectivity index (χ2v) is 6.07. The first-order chi connectivity index (χ1) is 13.4. The summed E-state index contributed by atoms with van der Waals surface area (Å²) >= 11 is 0. The minimum Gasteiger partial charge on any atom is -0.480 e. The lowest BCUT2D eigenvalue weighted by atomic mass is 10.2. The molecule has 0 unspecified atom stereocenters. The Morgan fingerprint density at radius 3 is 2.50 bits per heavy atom. The van der Waals surface area contributed by atoms with Crippen LogP contribution in [0.5, 0.6) is 5.88 Å². The highest BCUT2D eigenvalue weighted by Crippen LogP contribution is 2.34. The molecule has 4 aromatic rings. The summed E-state index contributed by atoms with van der Waals surface area (Å²) in [7, 11) is 1.47. The third-order valence-electron chi connectivity index (χ3n) is 4.27. The monoisotopic (exact) mass is 385 g/mol. The van der Waals surface area contributed by atoms with Gasteiger partial charge in [0.1, 0.15) is 5.69 Å². The Labute approximate surface area is 157 Å². The molecule has 0 fully saturated rings. The van der Waals surface area contributed by atoms with Crippen LogP contribution >= 0.6 is 0 Å². The first-order valence-electron chi connectivity index (χ1n) is 8.28. The van der Waals surface area contributed by atoms with Crippen molar-refractivity contribution in [2.45, 2.75) is 13.1 Å². The highest BCUT2D eigenvalue weighted by Gasteiger charge is 2.31. The number of imidazole rings is 1. The maximum Gasteiger partial charge on any atom is 0.416 e. The molecule has 0 N–H and O–H groups in total. The number of ether oxygens (including phenoxy) is 1. The van der Waals surface area contributed by atoms with Gasteiger partial charge in [0, 0.05) is 12.3 Å². The van der Waals surface area contributed by atoms with E-state index in [0.717, 1.165) is 17.7 Å². The topological polar surface area (TPSA) is 65.7 Å². The number of nitrogens with zero attached hydrogens (tertiary/aromatic N) is 5. The summed E-state index contributed by atoms with van der Waals surface area (Å²) in [5.41, 5.74) is 1.26. The maximum atomic E-state index is 13.1. The second kappa shape index (κ2) is 6.59. The van der Waals surface area contributed by atoms with E-state index in [4.69, 9.17) is 4.74 Å². The van der Waals surface area contributed by atoms with Crippen LogP contribution in [0.25, 0.3) is 28.4 Å². The lowest BCUT2D eigenvalue weighted by molar-refractivity contribution is -0.137. The number of hydrogen-bond donors (Lipinski definition) is 0. The van der Waals surface area contributed by atoms with Crippen molar-refractivity contribution in [2.24, 2.45) is 0 Å². The third-order valence-corrected chi connectivity index (χ3v) is 4.27. The summed E-state index contributed by atoms with van der Waals surface area (Å²) in [4.78, 5) is 8.79. The number of aromatic nitrogens is 5. The number of alkyl halides is 3. The lowest BCUT2D eigenvalue weighted by Gasteiger charge is -2.10. The van der Waals surface area contributed by atoms with E-state index < -0.39 is 11.7 Å². The standard InChI is InChI=1S/C19H14F3N5O/c1-11-4-3-9-23-17(11)18-24-13-10-12(19(20,21)22)5-6-14(13)27(18)15-7-8-16(28-2)26-25-15/h3-10H,1-2H3. The Bertz CT molecular complexity index is 1150. The molecular weight excluding hydrogens is 371 g/mol. The number of aryl methyl sites for hydroxylation is 1. The van der Waals surface area contributed by atoms with Gasteiger partial charge < -0.3 is 4.74 Å². The molecule has 1 aromatic carbocycles. The van der Waals surface area contributed by atoms with Gasteiger partial charge in [-0.3, -0.25) is 9.55 Å². The molecule has 9 heteroatoms. The quantitative estimate of drug-likeness (QED) is 0.529. The SMILES string of the molecule is COc1ccc(-n2c(-c3ncccc3C)nc3cc(C(F)(F)F)ccc32)nn1. The first-order valence-corrected chi connectivity index (χ1v) is 8.28. The van der Waals surface area contributed by atoms with Crippen molar-refractivity contribution < 1.29 is 17.9 Å². The largest absolute Gasteiger partial charge is 0.480 e. The van der Waals surface area contributed by atoms with Crippen LogP contribution in [0.4, 0.5) is 13.2 Å². The molecule has 0 aliphatic rings. The fraction of sp³-hybridized carbons (Fsp3) is 0.158.